The van der Waals surface area contributed by atoms with Crippen LogP contribution in [-0.4, -0.2) is 21.5 Å². The Morgan fingerprint density at radius 3 is 2.28 bits per heavy atom. The van der Waals surface area contributed by atoms with E-state index in [1.54, 1.807) is 12.1 Å². The third-order valence-electron chi connectivity index (χ3n) is 2.57. The third kappa shape index (κ3) is 3.69. The number of benzene rings is 1. The van der Waals surface area contributed by atoms with Crippen LogP contribution in [-0.2, 0) is 16.8 Å². The van der Waals surface area contributed by atoms with Crippen molar-refractivity contribution < 1.29 is 8.42 Å². The molecule has 0 spiro atoms. The van der Waals surface area contributed by atoms with Crippen LogP contribution in [0.2, 0.25) is 0 Å². The van der Waals surface area contributed by atoms with Crippen molar-refractivity contribution in [1.29, 1.82) is 0 Å². The highest BCUT2D eigenvalue weighted by atomic mass is 32.2. The summed E-state index contributed by atoms with van der Waals surface area (Å²) in [4.78, 5) is 0. The predicted molar refractivity (Wildman–Crippen MR) is 74.6 cm³/mol. The maximum atomic E-state index is 12.1. The zero-order valence-electron chi connectivity index (χ0n) is 10.9. The van der Waals surface area contributed by atoms with Crippen LogP contribution in [0.5, 0.6) is 0 Å². The molecule has 0 aliphatic heterocycles. The normalized spacial score (nSPS) is 11.5. The molecule has 102 valence electrons. The Balaban J connectivity index is 2.94. The van der Waals surface area contributed by atoms with Gasteiger partial charge in [0.15, 0.2) is 0 Å². The Kier molecular flexibility index (Phi) is 5.58. The topological polar surface area (TPSA) is 75.4 Å². The van der Waals surface area contributed by atoms with Gasteiger partial charge in [0.05, 0.1) is 5.69 Å². The van der Waals surface area contributed by atoms with E-state index in [4.69, 9.17) is 5.73 Å². The number of hydrogen-bond acceptors (Lipinski definition) is 3. The Morgan fingerprint density at radius 1 is 1.22 bits per heavy atom. The molecule has 0 aliphatic carbocycles. The summed E-state index contributed by atoms with van der Waals surface area (Å²) in [7, 11) is -3.46. The molecule has 0 bridgehead atoms. The quantitative estimate of drug-likeness (QED) is 0.783. The van der Waals surface area contributed by atoms with Crippen molar-refractivity contribution in [3.63, 3.8) is 0 Å². The molecule has 5 nitrogen and oxygen atoms in total. The molecule has 0 aromatic heterocycles. The van der Waals surface area contributed by atoms with Gasteiger partial charge in [0.1, 0.15) is 0 Å². The van der Waals surface area contributed by atoms with E-state index >= 15 is 0 Å². The summed E-state index contributed by atoms with van der Waals surface area (Å²) < 4.78 is 28.0. The number of nitrogens with one attached hydrogen (secondary N) is 1. The molecule has 0 atom stereocenters. The summed E-state index contributed by atoms with van der Waals surface area (Å²) in [5.41, 5.74) is 7.15. The Morgan fingerprint density at radius 2 is 1.83 bits per heavy atom. The third-order valence-corrected chi connectivity index (χ3v) is 4.19. The van der Waals surface area contributed by atoms with Crippen LogP contribution in [0.1, 0.15) is 25.8 Å². The van der Waals surface area contributed by atoms with Crippen LogP contribution in [0, 0.1) is 0 Å². The Labute approximate surface area is 109 Å². The Hall–Kier alpha value is -1.11. The van der Waals surface area contributed by atoms with E-state index in [0.717, 1.165) is 12.0 Å². The van der Waals surface area contributed by atoms with Gasteiger partial charge < -0.3 is 5.73 Å². The molecule has 0 radical (unpaired) electrons. The summed E-state index contributed by atoms with van der Waals surface area (Å²) in [6.07, 6.45) is 0.767. The van der Waals surface area contributed by atoms with Crippen LogP contribution in [0.25, 0.3) is 0 Å². The molecule has 0 heterocycles. The van der Waals surface area contributed by atoms with Crippen molar-refractivity contribution in [3.05, 3.63) is 29.8 Å². The van der Waals surface area contributed by atoms with Gasteiger partial charge >= 0.3 is 10.2 Å². The lowest BCUT2D eigenvalue weighted by molar-refractivity contribution is 0.576. The molecule has 0 saturated heterocycles. The molecule has 0 amide bonds. The van der Waals surface area contributed by atoms with Gasteiger partial charge in [-0.15, -0.1) is 0 Å². The first-order valence-electron chi connectivity index (χ1n) is 6.11. The number of nitrogens with zero attached hydrogens (tertiary/aromatic N) is 1. The Bertz CT molecular complexity index is 457. The van der Waals surface area contributed by atoms with Crippen molar-refractivity contribution in [2.24, 2.45) is 5.73 Å². The summed E-state index contributed by atoms with van der Waals surface area (Å²) in [6, 6.07) is 7.23. The number of nitrogens with two attached hydrogens (primary N) is 1. The van der Waals surface area contributed by atoms with Crippen LogP contribution >= 0.6 is 0 Å². The van der Waals surface area contributed by atoms with E-state index in [2.05, 4.69) is 4.72 Å². The van der Waals surface area contributed by atoms with Crippen molar-refractivity contribution in [2.75, 3.05) is 17.4 Å². The lowest BCUT2D eigenvalue weighted by Gasteiger charge is -2.23. The van der Waals surface area contributed by atoms with E-state index < -0.39 is 10.2 Å². The van der Waals surface area contributed by atoms with Crippen LogP contribution in [0.3, 0.4) is 0 Å². The van der Waals surface area contributed by atoms with E-state index in [0.29, 0.717) is 25.3 Å². The minimum absolute atomic E-state index is 0.390. The fourth-order valence-corrected chi connectivity index (χ4v) is 2.96. The summed E-state index contributed by atoms with van der Waals surface area (Å²) >= 11 is 0. The van der Waals surface area contributed by atoms with Gasteiger partial charge in [0.2, 0.25) is 0 Å². The molecule has 1 rings (SSSR count). The van der Waals surface area contributed by atoms with Crippen molar-refractivity contribution in [3.8, 4) is 0 Å². The standard InChI is InChI=1S/C12H21N3O2S/c1-3-9-14-18(16,17)15(4-2)12-7-5-11(10-13)6-8-12/h5-8,14H,3-4,9-10,13H2,1-2H3. The second-order valence-electron chi connectivity index (χ2n) is 3.93. The monoisotopic (exact) mass is 271 g/mol. The predicted octanol–water partition coefficient (Wildman–Crippen LogP) is 1.22. The molecule has 0 fully saturated rings. The smallest absolute Gasteiger partial charge is 0.301 e. The summed E-state index contributed by atoms with van der Waals surface area (Å²) in [5, 5.41) is 0. The SMILES string of the molecule is CCCNS(=O)(=O)N(CC)c1ccc(CN)cc1. The van der Waals surface area contributed by atoms with E-state index in [1.165, 1.54) is 4.31 Å². The van der Waals surface area contributed by atoms with Gasteiger partial charge in [-0.1, -0.05) is 19.1 Å². The van der Waals surface area contributed by atoms with E-state index in [-0.39, 0.29) is 0 Å². The van der Waals surface area contributed by atoms with Gasteiger partial charge in [-0.05, 0) is 31.0 Å². The zero-order chi connectivity index (χ0) is 13.6. The average molecular weight is 271 g/mol. The van der Waals surface area contributed by atoms with Crippen LogP contribution in [0.15, 0.2) is 24.3 Å². The lowest BCUT2D eigenvalue weighted by Crippen LogP contribution is -2.41. The van der Waals surface area contributed by atoms with Crippen LogP contribution in [0.4, 0.5) is 5.69 Å². The summed E-state index contributed by atoms with van der Waals surface area (Å²) in [6.45, 7) is 5.02. The highest BCUT2D eigenvalue weighted by Gasteiger charge is 2.19. The van der Waals surface area contributed by atoms with Gasteiger partial charge in [-0.2, -0.15) is 13.1 Å². The first-order valence-corrected chi connectivity index (χ1v) is 7.55. The molecule has 1 aromatic rings. The number of rotatable bonds is 7. The molecule has 3 N–H and O–H groups in total. The number of anilines is 1. The van der Waals surface area contributed by atoms with Crippen molar-refractivity contribution in [1.82, 2.24) is 4.72 Å². The molecule has 0 aliphatic rings. The van der Waals surface area contributed by atoms with E-state index in [1.807, 2.05) is 26.0 Å². The second-order valence-corrected chi connectivity index (χ2v) is 5.61. The van der Waals surface area contributed by atoms with Crippen molar-refractivity contribution >= 4 is 15.9 Å². The first kappa shape index (κ1) is 14.9. The highest BCUT2D eigenvalue weighted by Crippen LogP contribution is 2.17. The maximum Gasteiger partial charge on any atom is 0.301 e. The molecule has 0 saturated carbocycles. The minimum atomic E-state index is -3.46. The zero-order valence-corrected chi connectivity index (χ0v) is 11.7. The van der Waals surface area contributed by atoms with Gasteiger partial charge in [-0.25, -0.2) is 0 Å². The highest BCUT2D eigenvalue weighted by molar-refractivity contribution is 7.90. The van der Waals surface area contributed by atoms with Gasteiger partial charge in [0.25, 0.3) is 0 Å². The molecule has 0 unspecified atom stereocenters. The maximum absolute atomic E-state index is 12.1. The average Bonchev–Trinajstić information content (AvgIpc) is 2.38. The number of hydrogen-bond donors (Lipinski definition) is 2. The lowest BCUT2D eigenvalue weighted by atomic mass is 10.2. The molecule has 1 aromatic carbocycles. The molecular weight excluding hydrogens is 250 g/mol. The molecule has 18 heavy (non-hydrogen) atoms. The fraction of sp³-hybridized carbons (Fsp3) is 0.500. The molecular formula is C12H21N3O2S. The second kappa shape index (κ2) is 6.72. The summed E-state index contributed by atoms with van der Waals surface area (Å²) in [5.74, 6) is 0. The van der Waals surface area contributed by atoms with Crippen LogP contribution < -0.4 is 14.8 Å². The largest absolute Gasteiger partial charge is 0.326 e. The fourth-order valence-electron chi connectivity index (χ4n) is 1.60. The van der Waals surface area contributed by atoms with Gasteiger partial charge in [-0.3, -0.25) is 4.31 Å². The van der Waals surface area contributed by atoms with Crippen molar-refractivity contribution in [2.45, 2.75) is 26.8 Å². The van der Waals surface area contributed by atoms with Gasteiger partial charge in [0, 0.05) is 19.6 Å². The first-order chi connectivity index (χ1) is 8.55. The van der Waals surface area contributed by atoms with E-state index in [9.17, 15) is 8.42 Å². The minimum Gasteiger partial charge on any atom is -0.326 e. The molecule has 6 heteroatoms.